The normalized spacial score (nSPS) is 14.8. The number of nitrogens with zero attached hydrogens (tertiary/aromatic N) is 1. The maximum atomic E-state index is 12.7. The maximum absolute atomic E-state index is 12.7. The van der Waals surface area contributed by atoms with Crippen LogP contribution >= 0.6 is 11.6 Å². The highest BCUT2D eigenvalue weighted by atomic mass is 35.5. The molecule has 1 aliphatic heterocycles. The topological polar surface area (TPSA) is 87.7 Å². The predicted octanol–water partition coefficient (Wildman–Crippen LogP) is 1.25. The van der Waals surface area contributed by atoms with Crippen molar-refractivity contribution in [3.05, 3.63) is 34.4 Å². The predicted molar refractivity (Wildman–Crippen MR) is 96.8 cm³/mol. The standard InChI is InChI=1S/C16H22ClN3O4S/c1-20(2)16(21)13-8-12(17)9-14(15(13)24-3)25(22,23)19-10-11-4-6-18-7-5-11/h4,8-9,18-19H,5-7,10H2,1-3H3. The minimum atomic E-state index is -3.90. The molecule has 138 valence electrons. The molecule has 0 fully saturated rings. The molecule has 0 aromatic heterocycles. The number of amides is 1. The van der Waals surface area contributed by atoms with Gasteiger partial charge >= 0.3 is 0 Å². The molecule has 0 spiro atoms. The van der Waals surface area contributed by atoms with Gasteiger partial charge in [0, 0.05) is 32.2 Å². The van der Waals surface area contributed by atoms with Gasteiger partial charge < -0.3 is 15.0 Å². The van der Waals surface area contributed by atoms with Crippen molar-refractivity contribution in [3.63, 3.8) is 0 Å². The number of sulfonamides is 1. The molecule has 9 heteroatoms. The van der Waals surface area contributed by atoms with E-state index in [1.165, 1.54) is 24.1 Å². The molecular formula is C16H22ClN3O4S. The second kappa shape index (κ2) is 8.18. The first-order chi connectivity index (χ1) is 11.8. The van der Waals surface area contributed by atoms with Gasteiger partial charge in [-0.05, 0) is 25.1 Å². The fourth-order valence-electron chi connectivity index (χ4n) is 2.47. The van der Waals surface area contributed by atoms with Gasteiger partial charge in [0.1, 0.15) is 4.90 Å². The molecule has 1 amide bonds. The summed E-state index contributed by atoms with van der Waals surface area (Å²) in [5, 5.41) is 3.31. The van der Waals surface area contributed by atoms with Gasteiger partial charge in [-0.3, -0.25) is 4.79 Å². The lowest BCUT2D eigenvalue weighted by atomic mass is 10.1. The molecule has 0 bridgehead atoms. The number of methoxy groups -OCH3 is 1. The quantitative estimate of drug-likeness (QED) is 0.717. The largest absolute Gasteiger partial charge is 0.494 e. The molecule has 0 atom stereocenters. The van der Waals surface area contributed by atoms with E-state index in [4.69, 9.17) is 16.3 Å². The Morgan fingerprint density at radius 3 is 2.68 bits per heavy atom. The van der Waals surface area contributed by atoms with E-state index in [0.717, 1.165) is 25.1 Å². The molecule has 0 saturated heterocycles. The zero-order valence-electron chi connectivity index (χ0n) is 14.4. The van der Waals surface area contributed by atoms with E-state index in [0.29, 0.717) is 0 Å². The van der Waals surface area contributed by atoms with E-state index >= 15 is 0 Å². The third kappa shape index (κ3) is 4.72. The van der Waals surface area contributed by atoms with E-state index in [2.05, 4.69) is 10.0 Å². The summed E-state index contributed by atoms with van der Waals surface area (Å²) < 4.78 is 33.3. The summed E-state index contributed by atoms with van der Waals surface area (Å²) in [6.45, 7) is 1.74. The fourth-order valence-corrected chi connectivity index (χ4v) is 4.01. The van der Waals surface area contributed by atoms with Crippen LogP contribution in [0.2, 0.25) is 5.02 Å². The van der Waals surface area contributed by atoms with Crippen LogP contribution in [0.3, 0.4) is 0 Å². The van der Waals surface area contributed by atoms with Crippen LogP contribution in [0.5, 0.6) is 5.75 Å². The van der Waals surface area contributed by atoms with Crippen LogP contribution in [-0.2, 0) is 10.0 Å². The molecule has 1 aliphatic rings. The first-order valence-corrected chi connectivity index (χ1v) is 9.60. The number of carbonyl (C=O) groups is 1. The van der Waals surface area contributed by atoms with Crippen LogP contribution in [0.4, 0.5) is 0 Å². The molecule has 7 nitrogen and oxygen atoms in total. The SMILES string of the molecule is COc1c(C(=O)N(C)C)cc(Cl)cc1S(=O)(=O)NCC1=CCNCC1. The van der Waals surface area contributed by atoms with Crippen molar-refractivity contribution in [3.8, 4) is 5.75 Å². The Hall–Kier alpha value is -1.61. The summed E-state index contributed by atoms with van der Waals surface area (Å²) in [6.07, 6.45) is 2.74. The molecule has 1 aromatic carbocycles. The van der Waals surface area contributed by atoms with Crippen LogP contribution in [0.25, 0.3) is 0 Å². The molecule has 0 aliphatic carbocycles. The van der Waals surface area contributed by atoms with Gasteiger partial charge in [0.2, 0.25) is 10.0 Å². The monoisotopic (exact) mass is 387 g/mol. The summed E-state index contributed by atoms with van der Waals surface area (Å²) >= 11 is 6.04. The molecule has 0 radical (unpaired) electrons. The van der Waals surface area contributed by atoms with Crippen LogP contribution < -0.4 is 14.8 Å². The third-order valence-electron chi connectivity index (χ3n) is 3.80. The maximum Gasteiger partial charge on any atom is 0.257 e. The Bertz CT molecular complexity index is 791. The van der Waals surface area contributed by atoms with Gasteiger partial charge in [-0.2, -0.15) is 0 Å². The number of halogens is 1. The van der Waals surface area contributed by atoms with Crippen molar-refractivity contribution in [2.75, 3.05) is 40.8 Å². The van der Waals surface area contributed by atoms with E-state index in [9.17, 15) is 13.2 Å². The van der Waals surface area contributed by atoms with Crippen molar-refractivity contribution < 1.29 is 17.9 Å². The molecule has 1 aromatic rings. The molecule has 25 heavy (non-hydrogen) atoms. The highest BCUT2D eigenvalue weighted by molar-refractivity contribution is 7.89. The third-order valence-corrected chi connectivity index (χ3v) is 5.42. The van der Waals surface area contributed by atoms with E-state index in [1.54, 1.807) is 14.1 Å². The number of nitrogens with one attached hydrogen (secondary N) is 2. The molecule has 0 saturated carbocycles. The van der Waals surface area contributed by atoms with Crippen LogP contribution in [0, 0.1) is 0 Å². The van der Waals surface area contributed by atoms with E-state index in [-0.39, 0.29) is 27.8 Å². The highest BCUT2D eigenvalue weighted by Gasteiger charge is 2.26. The van der Waals surface area contributed by atoms with Gasteiger partial charge in [0.25, 0.3) is 5.91 Å². The number of benzene rings is 1. The van der Waals surface area contributed by atoms with Crippen molar-refractivity contribution in [2.45, 2.75) is 11.3 Å². The van der Waals surface area contributed by atoms with Gasteiger partial charge in [-0.1, -0.05) is 23.3 Å². The lowest BCUT2D eigenvalue weighted by molar-refractivity contribution is 0.0824. The first kappa shape index (κ1) is 19.7. The molecule has 0 unspecified atom stereocenters. The van der Waals surface area contributed by atoms with Crippen molar-refractivity contribution in [1.29, 1.82) is 0 Å². The van der Waals surface area contributed by atoms with Crippen LogP contribution in [0.1, 0.15) is 16.8 Å². The number of rotatable bonds is 6. The minimum absolute atomic E-state index is 0.0186. The fraction of sp³-hybridized carbons (Fsp3) is 0.438. The molecule has 1 heterocycles. The zero-order valence-corrected chi connectivity index (χ0v) is 16.0. The van der Waals surface area contributed by atoms with Crippen molar-refractivity contribution in [1.82, 2.24) is 14.9 Å². The van der Waals surface area contributed by atoms with Gasteiger partial charge in [-0.25, -0.2) is 13.1 Å². The number of hydrogen-bond donors (Lipinski definition) is 2. The Morgan fingerprint density at radius 2 is 2.12 bits per heavy atom. The average Bonchev–Trinajstić information content (AvgIpc) is 2.59. The Labute approximate surface area is 153 Å². The summed E-state index contributed by atoms with van der Waals surface area (Å²) in [6, 6.07) is 2.68. The lowest BCUT2D eigenvalue weighted by Crippen LogP contribution is -2.30. The summed E-state index contributed by atoms with van der Waals surface area (Å²) in [4.78, 5) is 13.5. The number of carbonyl (C=O) groups excluding carboxylic acids is 1. The highest BCUT2D eigenvalue weighted by Crippen LogP contribution is 2.32. The Kier molecular flexibility index (Phi) is 6.45. The van der Waals surface area contributed by atoms with Crippen LogP contribution in [-0.4, -0.2) is 60.1 Å². The first-order valence-electron chi connectivity index (χ1n) is 7.73. The molecule has 2 N–H and O–H groups in total. The average molecular weight is 388 g/mol. The number of hydrogen-bond acceptors (Lipinski definition) is 5. The number of ether oxygens (including phenoxy) is 1. The smallest absolute Gasteiger partial charge is 0.257 e. The van der Waals surface area contributed by atoms with Gasteiger partial charge in [0.15, 0.2) is 5.75 Å². The molecule has 2 rings (SSSR count). The Balaban J connectivity index is 2.39. The van der Waals surface area contributed by atoms with Gasteiger partial charge in [0.05, 0.1) is 12.7 Å². The lowest BCUT2D eigenvalue weighted by Gasteiger charge is -2.18. The summed E-state index contributed by atoms with van der Waals surface area (Å²) in [7, 11) is 0.562. The van der Waals surface area contributed by atoms with E-state index in [1.807, 2.05) is 6.08 Å². The van der Waals surface area contributed by atoms with Crippen molar-refractivity contribution >= 4 is 27.5 Å². The second-order valence-corrected chi connectivity index (χ2v) is 8.00. The second-order valence-electron chi connectivity index (χ2n) is 5.83. The summed E-state index contributed by atoms with van der Waals surface area (Å²) in [5.41, 5.74) is 1.11. The van der Waals surface area contributed by atoms with Crippen molar-refractivity contribution in [2.24, 2.45) is 0 Å². The molecular weight excluding hydrogens is 366 g/mol. The minimum Gasteiger partial charge on any atom is -0.494 e. The summed E-state index contributed by atoms with van der Waals surface area (Å²) in [5.74, 6) is -0.410. The zero-order chi connectivity index (χ0) is 18.6. The van der Waals surface area contributed by atoms with Crippen LogP contribution in [0.15, 0.2) is 28.7 Å². The van der Waals surface area contributed by atoms with E-state index < -0.39 is 15.9 Å². The Morgan fingerprint density at radius 1 is 1.40 bits per heavy atom. The van der Waals surface area contributed by atoms with Gasteiger partial charge in [-0.15, -0.1) is 0 Å².